The molecule has 1 aromatic heterocycles. The van der Waals surface area contributed by atoms with Crippen LogP contribution in [0.3, 0.4) is 0 Å². The first kappa shape index (κ1) is 34.5. The molecule has 3 aliphatic rings. The molecule has 0 aliphatic carbocycles. The number of carbonyl (C=O) groups excluding carboxylic acids is 1. The number of aromatic nitrogens is 2. The van der Waals surface area contributed by atoms with Gasteiger partial charge in [-0.25, -0.2) is 22.7 Å². The molecule has 0 spiro atoms. The minimum absolute atomic E-state index is 0.0352. The lowest BCUT2D eigenvalue weighted by Crippen LogP contribution is -2.52. The fourth-order valence-corrected chi connectivity index (χ4v) is 7.69. The van der Waals surface area contributed by atoms with Crippen molar-refractivity contribution >= 4 is 21.7 Å². The summed E-state index contributed by atoms with van der Waals surface area (Å²) in [6.07, 6.45) is 4.14. The number of piperidine rings is 2. The van der Waals surface area contributed by atoms with Crippen LogP contribution >= 0.6 is 0 Å². The number of nitrogens with zero attached hydrogens (tertiary/aromatic N) is 5. The monoisotopic (exact) mass is 666 g/mol. The SMILES string of the molecule is Cc1c(NCCC2CCC[C@H](c3cccc(C(F)(F)F)c3)O2)ncnc1C(=O)N1CCC(N2CCC(N(C)S(C)(=O)=O)CC2)CC1. The van der Waals surface area contributed by atoms with E-state index in [0.29, 0.717) is 61.2 Å². The molecular formula is C32H45F3N6O4S. The van der Waals surface area contributed by atoms with Crippen LogP contribution in [-0.4, -0.2) is 103 Å². The molecule has 1 N–H and O–H groups in total. The largest absolute Gasteiger partial charge is 0.416 e. The number of nitrogens with one attached hydrogen (secondary N) is 1. The summed E-state index contributed by atoms with van der Waals surface area (Å²) in [4.78, 5) is 26.5. The number of benzene rings is 1. The summed E-state index contributed by atoms with van der Waals surface area (Å²) in [5.41, 5.74) is 0.939. The van der Waals surface area contributed by atoms with Crippen molar-refractivity contribution in [3.05, 3.63) is 53.0 Å². The molecule has 3 fully saturated rings. The van der Waals surface area contributed by atoms with Crippen molar-refractivity contribution in [1.82, 2.24) is 24.1 Å². The maximum Gasteiger partial charge on any atom is 0.416 e. The third-order valence-corrected chi connectivity index (χ3v) is 11.1. The molecule has 5 rings (SSSR count). The average molecular weight is 667 g/mol. The maximum atomic E-state index is 13.5. The van der Waals surface area contributed by atoms with Crippen molar-refractivity contribution in [2.45, 2.75) is 88.8 Å². The van der Waals surface area contributed by atoms with Crippen LogP contribution in [0.1, 0.15) is 84.6 Å². The van der Waals surface area contributed by atoms with Crippen LogP contribution in [0.5, 0.6) is 0 Å². The standard InChI is InChI=1S/C32H45F3N6O4S/c1-22-29(31(42)41-18-13-26(14-19-41)40-16-11-25(12-17-40)39(2)46(3,43)44)37-21-38-30(22)36-15-10-27-8-5-9-28(45-27)23-6-4-7-24(20-23)32(33,34)35/h4,6-7,20-21,25-28H,5,8-19H2,1-3H3,(H,36,37,38)/t27?,28-/m1/s1. The molecule has 1 aromatic carbocycles. The summed E-state index contributed by atoms with van der Waals surface area (Å²) < 4.78 is 71.1. The summed E-state index contributed by atoms with van der Waals surface area (Å²) in [6.45, 7) is 5.33. The number of likely N-dealkylation sites (tertiary alicyclic amines) is 2. The van der Waals surface area contributed by atoms with E-state index in [-0.39, 0.29) is 24.2 Å². The van der Waals surface area contributed by atoms with Gasteiger partial charge in [-0.2, -0.15) is 13.2 Å². The number of hydrogen-bond donors (Lipinski definition) is 1. The Kier molecular flexibility index (Phi) is 10.9. The number of carbonyl (C=O) groups is 1. The molecule has 4 heterocycles. The van der Waals surface area contributed by atoms with Crippen LogP contribution in [0, 0.1) is 6.92 Å². The molecule has 2 atom stereocenters. The first-order chi connectivity index (χ1) is 21.8. The zero-order valence-corrected chi connectivity index (χ0v) is 27.6. The van der Waals surface area contributed by atoms with Gasteiger partial charge in [-0.3, -0.25) is 4.79 Å². The Morgan fingerprint density at radius 3 is 2.46 bits per heavy atom. The van der Waals surface area contributed by atoms with Gasteiger partial charge >= 0.3 is 6.18 Å². The molecule has 14 heteroatoms. The summed E-state index contributed by atoms with van der Waals surface area (Å²) in [5, 5.41) is 3.31. The molecule has 254 valence electrons. The molecule has 3 saturated heterocycles. The van der Waals surface area contributed by atoms with Crippen LogP contribution in [0.2, 0.25) is 0 Å². The van der Waals surface area contributed by atoms with Crippen molar-refractivity contribution < 1.29 is 31.1 Å². The predicted molar refractivity (Wildman–Crippen MR) is 169 cm³/mol. The third kappa shape index (κ3) is 8.36. The molecule has 3 aliphatic heterocycles. The molecule has 0 bridgehead atoms. The fraction of sp³-hybridized carbons (Fsp3) is 0.656. The van der Waals surface area contributed by atoms with Crippen LogP contribution < -0.4 is 5.32 Å². The second kappa shape index (κ2) is 14.5. The van der Waals surface area contributed by atoms with E-state index in [0.717, 1.165) is 57.7 Å². The van der Waals surface area contributed by atoms with E-state index in [1.165, 1.54) is 29.0 Å². The normalized spacial score (nSPS) is 22.7. The van der Waals surface area contributed by atoms with Gasteiger partial charge in [0, 0.05) is 44.3 Å². The lowest BCUT2D eigenvalue weighted by molar-refractivity contribution is -0.137. The van der Waals surface area contributed by atoms with Crippen LogP contribution in [0.4, 0.5) is 19.0 Å². The Morgan fingerprint density at radius 1 is 1.07 bits per heavy atom. The molecule has 0 radical (unpaired) electrons. The van der Waals surface area contributed by atoms with Crippen LogP contribution in [-0.2, 0) is 20.9 Å². The van der Waals surface area contributed by atoms with Gasteiger partial charge in [-0.1, -0.05) is 12.1 Å². The number of hydrogen-bond acceptors (Lipinski definition) is 8. The zero-order valence-electron chi connectivity index (χ0n) is 26.8. The van der Waals surface area contributed by atoms with Crippen molar-refractivity contribution in [3.63, 3.8) is 0 Å². The Balaban J connectivity index is 1.09. The van der Waals surface area contributed by atoms with Crippen molar-refractivity contribution in [1.29, 1.82) is 0 Å². The highest BCUT2D eigenvalue weighted by molar-refractivity contribution is 7.88. The van der Waals surface area contributed by atoms with Crippen LogP contribution in [0.25, 0.3) is 0 Å². The van der Waals surface area contributed by atoms with E-state index in [9.17, 15) is 26.4 Å². The fourth-order valence-electron chi connectivity index (χ4n) is 6.94. The molecule has 10 nitrogen and oxygen atoms in total. The van der Waals surface area contributed by atoms with E-state index in [1.54, 1.807) is 13.1 Å². The average Bonchev–Trinajstić information content (AvgIpc) is 3.04. The zero-order chi connectivity index (χ0) is 33.1. The van der Waals surface area contributed by atoms with E-state index in [2.05, 4.69) is 20.2 Å². The van der Waals surface area contributed by atoms with Gasteiger partial charge in [0.2, 0.25) is 10.0 Å². The minimum atomic E-state index is -4.39. The van der Waals surface area contributed by atoms with Crippen molar-refractivity contribution in [2.24, 2.45) is 0 Å². The van der Waals surface area contributed by atoms with Gasteiger partial charge in [0.15, 0.2) is 0 Å². The van der Waals surface area contributed by atoms with E-state index < -0.39 is 21.8 Å². The summed E-state index contributed by atoms with van der Waals surface area (Å²) >= 11 is 0. The van der Waals surface area contributed by atoms with Gasteiger partial charge in [0.05, 0.1) is 24.0 Å². The van der Waals surface area contributed by atoms with E-state index >= 15 is 0 Å². The lowest BCUT2D eigenvalue weighted by atomic mass is 9.96. The predicted octanol–water partition coefficient (Wildman–Crippen LogP) is 4.88. The highest BCUT2D eigenvalue weighted by atomic mass is 32.2. The van der Waals surface area contributed by atoms with Crippen LogP contribution in [0.15, 0.2) is 30.6 Å². The number of halogens is 3. The topological polar surface area (TPSA) is 108 Å². The van der Waals surface area contributed by atoms with E-state index in [1.807, 2.05) is 11.8 Å². The van der Waals surface area contributed by atoms with Gasteiger partial charge in [0.25, 0.3) is 5.91 Å². The van der Waals surface area contributed by atoms with Gasteiger partial charge in [-0.05, 0) is 89.1 Å². The quantitative estimate of drug-likeness (QED) is 0.404. The van der Waals surface area contributed by atoms with Crippen molar-refractivity contribution in [3.8, 4) is 0 Å². The molecular weight excluding hydrogens is 621 g/mol. The molecule has 0 saturated carbocycles. The Hall–Kier alpha value is -2.81. The van der Waals surface area contributed by atoms with Gasteiger partial charge < -0.3 is 19.9 Å². The summed E-state index contributed by atoms with van der Waals surface area (Å²) in [7, 11) is -1.54. The number of alkyl halides is 3. The molecule has 1 unspecified atom stereocenters. The maximum absolute atomic E-state index is 13.5. The smallest absolute Gasteiger partial charge is 0.370 e. The number of sulfonamides is 1. The highest BCUT2D eigenvalue weighted by Gasteiger charge is 2.34. The number of amides is 1. The molecule has 46 heavy (non-hydrogen) atoms. The minimum Gasteiger partial charge on any atom is -0.370 e. The first-order valence-corrected chi connectivity index (χ1v) is 18.0. The second-order valence-electron chi connectivity index (χ2n) is 12.8. The van der Waals surface area contributed by atoms with E-state index in [4.69, 9.17) is 4.74 Å². The Morgan fingerprint density at radius 2 is 1.78 bits per heavy atom. The Labute approximate surface area is 269 Å². The number of rotatable bonds is 9. The highest BCUT2D eigenvalue weighted by Crippen LogP contribution is 2.36. The second-order valence-corrected chi connectivity index (χ2v) is 14.8. The first-order valence-electron chi connectivity index (χ1n) is 16.2. The van der Waals surface area contributed by atoms with Crippen molar-refractivity contribution in [2.75, 3.05) is 51.3 Å². The molecule has 1 amide bonds. The summed E-state index contributed by atoms with van der Waals surface area (Å²) in [6, 6.07) is 5.78. The Bertz CT molecular complexity index is 1460. The third-order valence-electron chi connectivity index (χ3n) is 9.78. The van der Waals surface area contributed by atoms with Gasteiger partial charge in [0.1, 0.15) is 17.8 Å². The lowest BCUT2D eigenvalue weighted by Gasteiger charge is -2.43. The number of ether oxygens (including phenoxy) is 1. The van der Waals surface area contributed by atoms with Gasteiger partial charge in [-0.15, -0.1) is 0 Å². The number of anilines is 1. The summed E-state index contributed by atoms with van der Waals surface area (Å²) in [5.74, 6) is 0.467. The molecule has 2 aromatic rings.